The maximum absolute atomic E-state index is 12.8. The topological polar surface area (TPSA) is 78.9 Å². The highest BCUT2D eigenvalue weighted by Crippen LogP contribution is 2.16. The van der Waals surface area contributed by atoms with Crippen molar-refractivity contribution in [3.8, 4) is 0 Å². The summed E-state index contributed by atoms with van der Waals surface area (Å²) in [5.74, 6) is -0.871. The van der Waals surface area contributed by atoms with Crippen LogP contribution in [0.15, 0.2) is 60.8 Å². The van der Waals surface area contributed by atoms with Gasteiger partial charge < -0.3 is 14.2 Å². The van der Waals surface area contributed by atoms with Gasteiger partial charge in [0.2, 0.25) is 0 Å². The van der Waals surface area contributed by atoms with Crippen LogP contribution in [0.2, 0.25) is 0 Å². The Labute approximate surface area is 434 Å². The van der Waals surface area contributed by atoms with Crippen molar-refractivity contribution in [1.29, 1.82) is 0 Å². The fourth-order valence-electron chi connectivity index (χ4n) is 8.72. The molecule has 0 amide bonds. The summed E-state index contributed by atoms with van der Waals surface area (Å²) in [6, 6.07) is 0. The van der Waals surface area contributed by atoms with E-state index in [0.717, 1.165) is 89.9 Å². The standard InChI is InChI=1S/C64H114O6/c1-4-7-10-13-16-19-22-24-26-27-28-29-30-31-32-33-34-35-36-37-39-40-42-45-48-51-54-57-63(66)69-60-61(59-68-62(65)56-53-50-47-44-21-18-15-12-9-6-3)70-64(67)58-55-52-49-46-43-41-38-25-23-20-17-14-11-8-5-2/h7,10,16,19,24-26,28-29,38,61H,4-6,8-9,11-15,17-18,20-23,27,30-37,39-60H2,1-3H3/b10-7-,19-16-,26-24-,29-28-,38-25-. The number of hydrogen-bond donors (Lipinski definition) is 0. The minimum Gasteiger partial charge on any atom is -0.462 e. The molecule has 0 aliphatic carbocycles. The monoisotopic (exact) mass is 979 g/mol. The molecule has 0 radical (unpaired) electrons. The van der Waals surface area contributed by atoms with Crippen molar-refractivity contribution in [3.63, 3.8) is 0 Å². The number of carbonyl (C=O) groups excluding carboxylic acids is 3. The molecule has 0 rings (SSSR count). The molecular weight excluding hydrogens is 865 g/mol. The molecule has 0 aromatic heterocycles. The Balaban J connectivity index is 4.18. The van der Waals surface area contributed by atoms with Crippen molar-refractivity contribution in [2.45, 2.75) is 316 Å². The number of rotatable bonds is 55. The van der Waals surface area contributed by atoms with Gasteiger partial charge in [-0.3, -0.25) is 14.4 Å². The van der Waals surface area contributed by atoms with Gasteiger partial charge >= 0.3 is 17.9 Å². The first-order valence-corrected chi connectivity index (χ1v) is 30.3. The van der Waals surface area contributed by atoms with Crippen LogP contribution in [0.4, 0.5) is 0 Å². The average Bonchev–Trinajstić information content (AvgIpc) is 3.36. The highest BCUT2D eigenvalue weighted by Gasteiger charge is 2.19. The lowest BCUT2D eigenvalue weighted by atomic mass is 10.0. The summed E-state index contributed by atoms with van der Waals surface area (Å²) in [4.78, 5) is 38.1. The zero-order valence-electron chi connectivity index (χ0n) is 46.5. The van der Waals surface area contributed by atoms with E-state index >= 15 is 0 Å². The smallest absolute Gasteiger partial charge is 0.306 e. The van der Waals surface area contributed by atoms with Crippen LogP contribution in [0.5, 0.6) is 0 Å². The molecule has 0 aliphatic rings. The summed E-state index contributed by atoms with van der Waals surface area (Å²) in [7, 11) is 0. The van der Waals surface area contributed by atoms with E-state index in [0.29, 0.717) is 19.3 Å². The highest BCUT2D eigenvalue weighted by molar-refractivity contribution is 5.71. The second-order valence-corrected chi connectivity index (χ2v) is 20.2. The van der Waals surface area contributed by atoms with Crippen LogP contribution in [-0.2, 0) is 28.6 Å². The second-order valence-electron chi connectivity index (χ2n) is 20.2. The normalized spacial score (nSPS) is 12.4. The first-order chi connectivity index (χ1) is 34.5. The number of unbranched alkanes of at least 4 members (excludes halogenated alkanes) is 34. The third-order valence-electron chi connectivity index (χ3n) is 13.3. The fourth-order valence-corrected chi connectivity index (χ4v) is 8.72. The molecule has 0 saturated carbocycles. The summed E-state index contributed by atoms with van der Waals surface area (Å²) in [6.07, 6.45) is 73.7. The van der Waals surface area contributed by atoms with Gasteiger partial charge in [-0.1, -0.05) is 268 Å². The summed E-state index contributed by atoms with van der Waals surface area (Å²) in [5.41, 5.74) is 0. The molecule has 0 heterocycles. The van der Waals surface area contributed by atoms with E-state index in [9.17, 15) is 14.4 Å². The molecule has 6 heteroatoms. The van der Waals surface area contributed by atoms with Crippen LogP contribution in [0.1, 0.15) is 310 Å². The zero-order valence-corrected chi connectivity index (χ0v) is 46.5. The van der Waals surface area contributed by atoms with E-state index in [4.69, 9.17) is 14.2 Å². The maximum atomic E-state index is 12.8. The Morgan fingerprint density at radius 1 is 0.300 bits per heavy atom. The van der Waals surface area contributed by atoms with Crippen molar-refractivity contribution in [2.75, 3.05) is 13.2 Å². The molecule has 6 nitrogen and oxygen atoms in total. The first-order valence-electron chi connectivity index (χ1n) is 30.3. The third-order valence-corrected chi connectivity index (χ3v) is 13.3. The number of ether oxygens (including phenoxy) is 3. The SMILES string of the molecule is CC/C=C\C/C=C\C/C=C\C/C=C\CCCCCCCCCCCCCCCCC(=O)OCC(COC(=O)CCCCCCCCCCCC)OC(=O)CCCCCCC/C=C\CCCCCCCC. The van der Waals surface area contributed by atoms with Gasteiger partial charge in [0.05, 0.1) is 0 Å². The lowest BCUT2D eigenvalue weighted by Crippen LogP contribution is -2.30. The number of carbonyl (C=O) groups is 3. The molecule has 0 fully saturated rings. The minimum atomic E-state index is -0.775. The van der Waals surface area contributed by atoms with Gasteiger partial charge in [0.25, 0.3) is 0 Å². The summed E-state index contributed by atoms with van der Waals surface area (Å²) in [6.45, 7) is 6.53. The Kier molecular flexibility index (Phi) is 56.3. The molecule has 1 unspecified atom stereocenters. The molecule has 0 bridgehead atoms. The van der Waals surface area contributed by atoms with Gasteiger partial charge in [-0.05, 0) is 83.5 Å². The van der Waals surface area contributed by atoms with Gasteiger partial charge in [0.15, 0.2) is 6.10 Å². The van der Waals surface area contributed by atoms with Crippen LogP contribution < -0.4 is 0 Å². The number of allylic oxidation sites excluding steroid dienone is 10. The molecule has 1 atom stereocenters. The maximum Gasteiger partial charge on any atom is 0.306 e. The Morgan fingerprint density at radius 2 is 0.557 bits per heavy atom. The molecule has 0 N–H and O–H groups in total. The van der Waals surface area contributed by atoms with E-state index in [1.54, 1.807) is 0 Å². The Bertz CT molecular complexity index is 1260. The lowest BCUT2D eigenvalue weighted by molar-refractivity contribution is -0.167. The molecule has 0 aliphatic heterocycles. The fraction of sp³-hybridized carbons (Fsp3) is 0.797. The summed E-state index contributed by atoms with van der Waals surface area (Å²) in [5, 5.41) is 0. The lowest BCUT2D eigenvalue weighted by Gasteiger charge is -2.18. The predicted molar refractivity (Wildman–Crippen MR) is 302 cm³/mol. The van der Waals surface area contributed by atoms with Gasteiger partial charge in [-0.2, -0.15) is 0 Å². The first kappa shape index (κ1) is 67.1. The van der Waals surface area contributed by atoms with Crippen molar-refractivity contribution < 1.29 is 28.6 Å². The Morgan fingerprint density at radius 3 is 0.886 bits per heavy atom. The molecule has 0 aromatic rings. The van der Waals surface area contributed by atoms with Crippen molar-refractivity contribution in [2.24, 2.45) is 0 Å². The molecule has 0 spiro atoms. The molecular formula is C64H114O6. The van der Waals surface area contributed by atoms with E-state index in [1.165, 1.54) is 180 Å². The molecule has 70 heavy (non-hydrogen) atoms. The van der Waals surface area contributed by atoms with Gasteiger partial charge in [-0.15, -0.1) is 0 Å². The highest BCUT2D eigenvalue weighted by atomic mass is 16.6. The van der Waals surface area contributed by atoms with Crippen molar-refractivity contribution in [1.82, 2.24) is 0 Å². The summed E-state index contributed by atoms with van der Waals surface area (Å²) < 4.78 is 16.9. The van der Waals surface area contributed by atoms with Crippen LogP contribution in [0.25, 0.3) is 0 Å². The van der Waals surface area contributed by atoms with Crippen LogP contribution in [0.3, 0.4) is 0 Å². The minimum absolute atomic E-state index is 0.0737. The van der Waals surface area contributed by atoms with Gasteiger partial charge in [0, 0.05) is 19.3 Å². The van der Waals surface area contributed by atoms with Crippen LogP contribution in [-0.4, -0.2) is 37.2 Å². The van der Waals surface area contributed by atoms with E-state index < -0.39 is 6.10 Å². The molecule has 0 aromatic carbocycles. The molecule has 0 saturated heterocycles. The van der Waals surface area contributed by atoms with E-state index in [1.807, 2.05) is 0 Å². The zero-order chi connectivity index (χ0) is 50.7. The van der Waals surface area contributed by atoms with Crippen LogP contribution in [0, 0.1) is 0 Å². The van der Waals surface area contributed by atoms with Crippen molar-refractivity contribution in [3.05, 3.63) is 60.8 Å². The number of hydrogen-bond acceptors (Lipinski definition) is 6. The number of esters is 3. The Hall–Kier alpha value is -2.89. The molecule has 406 valence electrons. The third kappa shape index (κ3) is 56.0. The van der Waals surface area contributed by atoms with Gasteiger partial charge in [-0.25, -0.2) is 0 Å². The summed E-state index contributed by atoms with van der Waals surface area (Å²) >= 11 is 0. The van der Waals surface area contributed by atoms with E-state index in [-0.39, 0.29) is 31.1 Å². The van der Waals surface area contributed by atoms with Crippen molar-refractivity contribution >= 4 is 17.9 Å². The quantitative estimate of drug-likeness (QED) is 0.0261. The van der Waals surface area contributed by atoms with Crippen LogP contribution >= 0.6 is 0 Å². The second kappa shape index (κ2) is 58.7. The van der Waals surface area contributed by atoms with E-state index in [2.05, 4.69) is 81.5 Å². The largest absolute Gasteiger partial charge is 0.462 e. The van der Waals surface area contributed by atoms with Gasteiger partial charge in [0.1, 0.15) is 13.2 Å². The predicted octanol–water partition coefficient (Wildman–Crippen LogP) is 20.4. The average molecular weight is 980 g/mol.